The summed E-state index contributed by atoms with van der Waals surface area (Å²) < 4.78 is 0.636. The summed E-state index contributed by atoms with van der Waals surface area (Å²) in [6.45, 7) is 10.1. The van der Waals surface area contributed by atoms with E-state index in [2.05, 4.69) is 46.2 Å². The van der Waals surface area contributed by atoms with Crippen LogP contribution >= 0.6 is 22.6 Å². The average Bonchev–Trinajstić information content (AvgIpc) is 2.08. The lowest BCUT2D eigenvalue weighted by Crippen LogP contribution is -2.52. The molecule has 0 aliphatic carbocycles. The van der Waals surface area contributed by atoms with Crippen LogP contribution in [0.15, 0.2) is 0 Å². The Morgan fingerprint density at radius 3 is 2.69 bits per heavy atom. The molecule has 1 fully saturated rings. The topological polar surface area (TPSA) is 32.5 Å². The van der Waals surface area contributed by atoms with Crippen molar-refractivity contribution in [3.63, 3.8) is 0 Å². The molecule has 0 radical (unpaired) electrons. The molecule has 0 spiro atoms. The fraction of sp³-hybridized carbons (Fsp3) is 1.00. The van der Waals surface area contributed by atoms with Crippen molar-refractivity contribution in [1.29, 1.82) is 0 Å². The number of nitrogens with zero attached hydrogens (tertiary/aromatic N) is 2. The highest BCUT2D eigenvalue weighted by Gasteiger charge is 2.23. The third-order valence-electron chi connectivity index (χ3n) is 2.48. The fourth-order valence-electron chi connectivity index (χ4n) is 1.69. The number of alkyl halides is 1. The van der Waals surface area contributed by atoms with Gasteiger partial charge in [0.2, 0.25) is 0 Å². The predicted molar refractivity (Wildman–Crippen MR) is 65.1 cm³/mol. The molecule has 0 bridgehead atoms. The molecule has 1 saturated heterocycles. The molecular weight excluding hydrogens is 277 g/mol. The van der Waals surface area contributed by atoms with Gasteiger partial charge in [-0.2, -0.15) is 0 Å². The molecule has 0 saturated carbocycles. The van der Waals surface area contributed by atoms with Crippen LogP contribution in [-0.4, -0.2) is 52.6 Å². The molecule has 0 aromatic heterocycles. The quantitative estimate of drug-likeness (QED) is 0.474. The number of rotatable bonds is 3. The van der Waals surface area contributed by atoms with Gasteiger partial charge in [0.25, 0.3) is 0 Å². The highest BCUT2D eigenvalue weighted by molar-refractivity contribution is 14.1. The summed E-state index contributed by atoms with van der Waals surface area (Å²) >= 11 is 2.52. The van der Waals surface area contributed by atoms with Gasteiger partial charge in [0.1, 0.15) is 0 Å². The van der Waals surface area contributed by atoms with Crippen LogP contribution in [0.3, 0.4) is 0 Å². The van der Waals surface area contributed by atoms with Crippen LogP contribution in [0.25, 0.3) is 0 Å². The Morgan fingerprint density at radius 2 is 2.23 bits per heavy atom. The van der Waals surface area contributed by atoms with Gasteiger partial charge in [-0.25, -0.2) is 0 Å². The molecule has 1 rings (SSSR count). The summed E-state index contributed by atoms with van der Waals surface area (Å²) in [7, 11) is 0. The molecule has 2 atom stereocenters. The van der Waals surface area contributed by atoms with Crippen molar-refractivity contribution >= 4 is 22.6 Å². The maximum absolute atomic E-state index is 5.79. The second-order valence-electron chi connectivity index (χ2n) is 3.80. The average molecular weight is 297 g/mol. The van der Waals surface area contributed by atoms with Gasteiger partial charge < -0.3 is 5.73 Å². The van der Waals surface area contributed by atoms with E-state index in [0.717, 1.165) is 6.54 Å². The Balaban J connectivity index is 2.35. The molecule has 1 aliphatic heterocycles. The molecule has 3 nitrogen and oxygen atoms in total. The van der Waals surface area contributed by atoms with Crippen molar-refractivity contribution in [3.05, 3.63) is 0 Å². The van der Waals surface area contributed by atoms with Crippen molar-refractivity contribution in [2.75, 3.05) is 32.7 Å². The SMILES string of the molecule is CCN1CCN(CC(C)N)C(I)C1. The number of halogens is 1. The Kier molecular flexibility index (Phi) is 4.93. The van der Waals surface area contributed by atoms with Gasteiger partial charge >= 0.3 is 0 Å². The Labute approximate surface area is 94.8 Å². The first-order valence-corrected chi connectivity index (χ1v) is 6.24. The van der Waals surface area contributed by atoms with Crippen molar-refractivity contribution < 1.29 is 0 Å². The van der Waals surface area contributed by atoms with E-state index in [0.29, 0.717) is 10.1 Å². The molecule has 0 amide bonds. The summed E-state index contributed by atoms with van der Waals surface area (Å²) in [6, 6.07) is 0.297. The Morgan fingerprint density at radius 1 is 1.54 bits per heavy atom. The molecule has 1 aliphatic rings. The van der Waals surface area contributed by atoms with Gasteiger partial charge in [-0.3, -0.25) is 9.80 Å². The van der Waals surface area contributed by atoms with Crippen LogP contribution in [0.5, 0.6) is 0 Å². The van der Waals surface area contributed by atoms with E-state index in [1.165, 1.54) is 26.2 Å². The largest absolute Gasteiger partial charge is 0.327 e. The standard InChI is InChI=1S/C9H20IN3/c1-3-12-4-5-13(6-8(2)11)9(10)7-12/h8-9H,3-7,11H2,1-2H3. The third-order valence-corrected chi connectivity index (χ3v) is 3.66. The minimum Gasteiger partial charge on any atom is -0.327 e. The summed E-state index contributed by atoms with van der Waals surface area (Å²) in [5, 5.41) is 0. The van der Waals surface area contributed by atoms with Gasteiger partial charge in [-0.15, -0.1) is 0 Å². The van der Waals surface area contributed by atoms with E-state index in [-0.39, 0.29) is 0 Å². The van der Waals surface area contributed by atoms with E-state index >= 15 is 0 Å². The summed E-state index contributed by atoms with van der Waals surface area (Å²) in [5.41, 5.74) is 5.79. The van der Waals surface area contributed by atoms with Gasteiger partial charge in [-0.1, -0.05) is 29.5 Å². The number of piperazine rings is 1. The maximum atomic E-state index is 5.79. The summed E-state index contributed by atoms with van der Waals surface area (Å²) in [6.07, 6.45) is 0. The molecule has 13 heavy (non-hydrogen) atoms. The van der Waals surface area contributed by atoms with Crippen molar-refractivity contribution in [1.82, 2.24) is 9.80 Å². The van der Waals surface area contributed by atoms with E-state index < -0.39 is 0 Å². The first-order chi connectivity index (χ1) is 6.13. The fourth-order valence-corrected chi connectivity index (χ4v) is 2.76. The zero-order valence-electron chi connectivity index (χ0n) is 8.54. The molecule has 0 aromatic carbocycles. The predicted octanol–water partition coefficient (Wildman–Crippen LogP) is 0.732. The highest BCUT2D eigenvalue weighted by Crippen LogP contribution is 2.15. The smallest absolute Gasteiger partial charge is 0.0748 e. The number of hydrogen-bond donors (Lipinski definition) is 1. The first-order valence-electron chi connectivity index (χ1n) is 4.99. The van der Waals surface area contributed by atoms with Crippen LogP contribution in [0.1, 0.15) is 13.8 Å². The summed E-state index contributed by atoms with van der Waals surface area (Å²) in [4.78, 5) is 4.98. The molecule has 2 unspecified atom stereocenters. The number of nitrogens with two attached hydrogens (primary N) is 1. The number of hydrogen-bond acceptors (Lipinski definition) is 3. The van der Waals surface area contributed by atoms with Crippen molar-refractivity contribution in [3.8, 4) is 0 Å². The minimum absolute atomic E-state index is 0.297. The van der Waals surface area contributed by atoms with Crippen LogP contribution in [0, 0.1) is 0 Å². The van der Waals surface area contributed by atoms with Gasteiger partial charge in [-0.05, 0) is 13.5 Å². The van der Waals surface area contributed by atoms with E-state index in [1.807, 2.05) is 0 Å². The van der Waals surface area contributed by atoms with Crippen molar-refractivity contribution in [2.45, 2.75) is 23.9 Å². The van der Waals surface area contributed by atoms with Crippen LogP contribution in [0.4, 0.5) is 0 Å². The van der Waals surface area contributed by atoms with E-state index in [4.69, 9.17) is 5.73 Å². The molecule has 4 heteroatoms. The van der Waals surface area contributed by atoms with Crippen LogP contribution in [-0.2, 0) is 0 Å². The zero-order chi connectivity index (χ0) is 9.84. The van der Waals surface area contributed by atoms with Gasteiger partial charge in [0, 0.05) is 32.2 Å². The normalized spacial score (nSPS) is 29.1. The van der Waals surface area contributed by atoms with E-state index in [9.17, 15) is 0 Å². The third kappa shape index (κ3) is 3.69. The van der Waals surface area contributed by atoms with E-state index in [1.54, 1.807) is 0 Å². The highest BCUT2D eigenvalue weighted by atomic mass is 127. The molecule has 78 valence electrons. The van der Waals surface area contributed by atoms with Crippen LogP contribution in [0.2, 0.25) is 0 Å². The Bertz CT molecular complexity index is 152. The second-order valence-corrected chi connectivity index (χ2v) is 5.24. The monoisotopic (exact) mass is 297 g/mol. The van der Waals surface area contributed by atoms with Gasteiger partial charge in [0.15, 0.2) is 0 Å². The first kappa shape index (κ1) is 11.7. The second kappa shape index (κ2) is 5.48. The lowest BCUT2D eigenvalue weighted by molar-refractivity contribution is 0.124. The number of likely N-dealkylation sites (N-methyl/N-ethyl adjacent to an activating group) is 1. The molecular formula is C9H20IN3. The molecule has 2 N–H and O–H groups in total. The van der Waals surface area contributed by atoms with Crippen molar-refractivity contribution in [2.24, 2.45) is 5.73 Å². The van der Waals surface area contributed by atoms with Gasteiger partial charge in [0.05, 0.1) is 4.05 Å². The summed E-state index contributed by atoms with van der Waals surface area (Å²) in [5.74, 6) is 0. The zero-order valence-corrected chi connectivity index (χ0v) is 10.7. The molecule has 1 heterocycles. The molecule has 0 aromatic rings. The lowest BCUT2D eigenvalue weighted by Gasteiger charge is -2.39. The minimum atomic E-state index is 0.297. The van der Waals surface area contributed by atoms with Crippen LogP contribution < -0.4 is 5.73 Å². The maximum Gasteiger partial charge on any atom is 0.0748 e. The Hall–Kier alpha value is 0.610. The lowest BCUT2D eigenvalue weighted by atomic mass is 10.2.